The van der Waals surface area contributed by atoms with Gasteiger partial charge in [-0.25, -0.2) is 0 Å². The maximum Gasteiger partial charge on any atom is 0.233 e. The molecular formula is C21H25N3O3. The van der Waals surface area contributed by atoms with Gasteiger partial charge in [0, 0.05) is 37.6 Å². The number of methoxy groups -OCH3 is 1. The molecule has 0 saturated carbocycles. The highest BCUT2D eigenvalue weighted by atomic mass is 16.5. The monoisotopic (exact) mass is 367 g/mol. The number of nitrogens with one attached hydrogen (secondary N) is 1. The van der Waals surface area contributed by atoms with Crippen molar-refractivity contribution < 1.29 is 14.3 Å². The van der Waals surface area contributed by atoms with Crippen LogP contribution in [0.1, 0.15) is 12.0 Å². The van der Waals surface area contributed by atoms with Crippen molar-refractivity contribution in [1.82, 2.24) is 4.90 Å². The number of ether oxygens (including phenoxy) is 1. The first-order valence-electron chi connectivity index (χ1n) is 9.08. The molecule has 0 aliphatic carbocycles. The van der Waals surface area contributed by atoms with Crippen molar-refractivity contribution in [2.45, 2.75) is 13.3 Å². The summed E-state index contributed by atoms with van der Waals surface area (Å²) >= 11 is 0. The van der Waals surface area contributed by atoms with Gasteiger partial charge in [-0.1, -0.05) is 12.1 Å². The zero-order chi connectivity index (χ0) is 19.2. The summed E-state index contributed by atoms with van der Waals surface area (Å²) in [7, 11) is 1.59. The number of carbonyl (C=O) groups excluding carboxylic acids is 2. The van der Waals surface area contributed by atoms with Crippen LogP contribution in [0.5, 0.6) is 5.75 Å². The van der Waals surface area contributed by atoms with E-state index in [-0.39, 0.29) is 18.2 Å². The molecule has 0 atom stereocenters. The van der Waals surface area contributed by atoms with Crippen LogP contribution >= 0.6 is 0 Å². The highest BCUT2D eigenvalue weighted by molar-refractivity contribution is 6.03. The van der Waals surface area contributed by atoms with E-state index in [0.29, 0.717) is 18.8 Å². The Kier molecular flexibility index (Phi) is 5.96. The van der Waals surface area contributed by atoms with Crippen LogP contribution in [0.2, 0.25) is 0 Å². The van der Waals surface area contributed by atoms with Crippen molar-refractivity contribution in [2.75, 3.05) is 43.5 Å². The first-order chi connectivity index (χ1) is 13.0. The van der Waals surface area contributed by atoms with Crippen molar-refractivity contribution in [1.29, 1.82) is 0 Å². The number of aryl methyl sites for hydroxylation is 1. The minimum absolute atomic E-state index is 0.134. The quantitative estimate of drug-likeness (QED) is 0.826. The first kappa shape index (κ1) is 18.8. The Hall–Kier alpha value is -3.02. The van der Waals surface area contributed by atoms with Crippen LogP contribution < -0.4 is 15.0 Å². The normalized spacial score (nSPS) is 14.0. The molecule has 0 unspecified atom stereocenters. The number of rotatable bonds is 5. The Labute approximate surface area is 159 Å². The summed E-state index contributed by atoms with van der Waals surface area (Å²) < 4.78 is 5.09. The molecular weight excluding hydrogens is 342 g/mol. The number of carbonyl (C=O) groups is 2. The summed E-state index contributed by atoms with van der Waals surface area (Å²) in [5.74, 6) is 0.284. The Morgan fingerprint density at radius 3 is 2.37 bits per heavy atom. The molecule has 0 aromatic heterocycles. The number of benzene rings is 2. The van der Waals surface area contributed by atoms with E-state index in [1.165, 1.54) is 11.3 Å². The summed E-state index contributed by atoms with van der Waals surface area (Å²) in [5, 5.41) is 2.75. The molecule has 3 rings (SSSR count). The molecule has 0 bridgehead atoms. The average Bonchev–Trinajstić information content (AvgIpc) is 2.68. The third kappa shape index (κ3) is 5.00. The Bertz CT molecular complexity index is 797. The van der Waals surface area contributed by atoms with Gasteiger partial charge in [-0.05, 0) is 48.9 Å². The van der Waals surface area contributed by atoms with Crippen LogP contribution in [-0.4, -0.2) is 50.0 Å². The largest absolute Gasteiger partial charge is 0.497 e. The van der Waals surface area contributed by atoms with Gasteiger partial charge in [-0.3, -0.25) is 9.59 Å². The SMILES string of the molecule is COc1ccc(NC(=O)CC(=O)N2CCN(c3cccc(C)c3)CC2)cc1. The van der Waals surface area contributed by atoms with E-state index in [1.807, 2.05) is 6.07 Å². The molecule has 1 N–H and O–H groups in total. The molecule has 6 nitrogen and oxygen atoms in total. The lowest BCUT2D eigenvalue weighted by Gasteiger charge is -2.36. The summed E-state index contributed by atoms with van der Waals surface area (Å²) in [6, 6.07) is 15.4. The lowest BCUT2D eigenvalue weighted by Crippen LogP contribution is -2.49. The standard InChI is InChI=1S/C21H25N3O3/c1-16-4-3-5-18(14-16)23-10-12-24(13-11-23)21(26)15-20(25)22-17-6-8-19(27-2)9-7-17/h3-9,14H,10-13,15H2,1-2H3,(H,22,25). The number of piperazine rings is 1. The van der Waals surface area contributed by atoms with Crippen LogP contribution in [0.25, 0.3) is 0 Å². The average molecular weight is 367 g/mol. The fourth-order valence-electron chi connectivity index (χ4n) is 3.17. The Morgan fingerprint density at radius 1 is 1.04 bits per heavy atom. The van der Waals surface area contributed by atoms with E-state index >= 15 is 0 Å². The van der Waals surface area contributed by atoms with Crippen molar-refractivity contribution in [3.8, 4) is 5.75 Å². The third-order valence-corrected chi connectivity index (χ3v) is 4.68. The van der Waals surface area contributed by atoms with Crippen molar-refractivity contribution in [3.05, 3.63) is 54.1 Å². The van der Waals surface area contributed by atoms with Gasteiger partial charge >= 0.3 is 0 Å². The van der Waals surface area contributed by atoms with Gasteiger partial charge in [0.2, 0.25) is 11.8 Å². The number of hydrogen-bond acceptors (Lipinski definition) is 4. The number of amides is 2. The molecule has 1 fully saturated rings. The minimum atomic E-state index is -0.300. The van der Waals surface area contributed by atoms with Crippen molar-refractivity contribution in [3.63, 3.8) is 0 Å². The number of hydrogen-bond donors (Lipinski definition) is 1. The number of anilines is 2. The second-order valence-electron chi connectivity index (χ2n) is 6.66. The molecule has 2 aromatic carbocycles. The van der Waals surface area contributed by atoms with Gasteiger partial charge in [-0.2, -0.15) is 0 Å². The molecule has 1 aliphatic heterocycles. The van der Waals surface area contributed by atoms with E-state index in [9.17, 15) is 9.59 Å². The van der Waals surface area contributed by atoms with Gasteiger partial charge in [0.25, 0.3) is 0 Å². The van der Waals surface area contributed by atoms with E-state index in [4.69, 9.17) is 4.74 Å². The van der Waals surface area contributed by atoms with Gasteiger partial charge < -0.3 is 19.9 Å². The molecule has 0 spiro atoms. The van der Waals surface area contributed by atoms with Crippen LogP contribution in [0, 0.1) is 6.92 Å². The smallest absolute Gasteiger partial charge is 0.233 e. The van der Waals surface area contributed by atoms with E-state index in [1.54, 1.807) is 36.3 Å². The molecule has 27 heavy (non-hydrogen) atoms. The van der Waals surface area contributed by atoms with Gasteiger partial charge in [0.1, 0.15) is 12.2 Å². The molecule has 0 radical (unpaired) electrons. The molecule has 2 aromatic rings. The molecule has 1 saturated heterocycles. The molecule has 2 amide bonds. The minimum Gasteiger partial charge on any atom is -0.497 e. The van der Waals surface area contributed by atoms with Crippen LogP contribution in [-0.2, 0) is 9.59 Å². The molecule has 1 aliphatic rings. The number of nitrogens with zero attached hydrogens (tertiary/aromatic N) is 2. The van der Waals surface area contributed by atoms with Gasteiger partial charge in [-0.15, -0.1) is 0 Å². The molecule has 6 heteroatoms. The summed E-state index contributed by atoms with van der Waals surface area (Å²) in [6.07, 6.45) is -0.142. The highest BCUT2D eigenvalue weighted by Crippen LogP contribution is 2.18. The zero-order valence-corrected chi connectivity index (χ0v) is 15.8. The summed E-state index contributed by atoms with van der Waals surface area (Å²) in [4.78, 5) is 28.6. The highest BCUT2D eigenvalue weighted by Gasteiger charge is 2.23. The van der Waals surface area contributed by atoms with Gasteiger partial charge in [0.05, 0.1) is 7.11 Å². The maximum atomic E-state index is 12.4. The summed E-state index contributed by atoms with van der Waals surface area (Å²) in [5.41, 5.74) is 3.05. The predicted octanol–water partition coefficient (Wildman–Crippen LogP) is 2.68. The zero-order valence-electron chi connectivity index (χ0n) is 15.8. The lowest BCUT2D eigenvalue weighted by atomic mass is 10.2. The van der Waals surface area contributed by atoms with Gasteiger partial charge in [0.15, 0.2) is 0 Å². The topological polar surface area (TPSA) is 61.9 Å². The fourth-order valence-corrected chi connectivity index (χ4v) is 3.17. The Balaban J connectivity index is 1.48. The van der Waals surface area contributed by atoms with Crippen LogP contribution in [0.15, 0.2) is 48.5 Å². The molecule has 1 heterocycles. The van der Waals surface area contributed by atoms with Crippen molar-refractivity contribution in [2.24, 2.45) is 0 Å². The van der Waals surface area contributed by atoms with Crippen LogP contribution in [0.3, 0.4) is 0 Å². The molecule has 142 valence electrons. The Morgan fingerprint density at radius 2 is 1.74 bits per heavy atom. The van der Waals surface area contributed by atoms with Crippen LogP contribution in [0.4, 0.5) is 11.4 Å². The third-order valence-electron chi connectivity index (χ3n) is 4.68. The summed E-state index contributed by atoms with van der Waals surface area (Å²) in [6.45, 7) is 4.88. The van der Waals surface area contributed by atoms with E-state index in [0.717, 1.165) is 18.8 Å². The second kappa shape index (κ2) is 8.58. The maximum absolute atomic E-state index is 12.4. The van der Waals surface area contributed by atoms with E-state index < -0.39 is 0 Å². The predicted molar refractivity (Wildman–Crippen MR) is 106 cm³/mol. The first-order valence-corrected chi connectivity index (χ1v) is 9.08. The fraction of sp³-hybridized carbons (Fsp3) is 0.333. The second-order valence-corrected chi connectivity index (χ2v) is 6.66. The van der Waals surface area contributed by atoms with E-state index in [2.05, 4.69) is 35.3 Å². The lowest BCUT2D eigenvalue weighted by molar-refractivity contribution is -0.134. The van der Waals surface area contributed by atoms with Crippen molar-refractivity contribution >= 4 is 23.2 Å².